The average molecular weight is 474 g/mol. The number of alkyl carbamates (subject to hydrolysis) is 1. The third kappa shape index (κ3) is 5.32. The molecule has 1 saturated carbocycles. The molecule has 182 valence electrons. The molecule has 0 aromatic heterocycles. The number of ether oxygens (including phenoxy) is 3. The lowest BCUT2D eigenvalue weighted by molar-refractivity contribution is 0.0299. The van der Waals surface area contributed by atoms with Gasteiger partial charge in [-0.2, -0.15) is 0 Å². The SMILES string of the molecule is COc1cc(OC)cc(C(OC(=O)NC2CCCCC2)(C(=O)c2ccccc2)c2ccccc2)c1. The van der Waals surface area contributed by atoms with E-state index in [-0.39, 0.29) is 11.8 Å². The van der Waals surface area contributed by atoms with Crippen LogP contribution in [-0.2, 0) is 10.3 Å². The van der Waals surface area contributed by atoms with Gasteiger partial charge in [0.2, 0.25) is 11.4 Å². The Bertz CT molecular complexity index is 1120. The maximum atomic E-state index is 14.3. The summed E-state index contributed by atoms with van der Waals surface area (Å²) in [4.78, 5) is 27.7. The van der Waals surface area contributed by atoms with Gasteiger partial charge in [0, 0.05) is 28.8 Å². The van der Waals surface area contributed by atoms with Crippen LogP contribution in [0.2, 0.25) is 0 Å². The molecule has 3 aromatic rings. The van der Waals surface area contributed by atoms with Gasteiger partial charge in [-0.05, 0) is 25.0 Å². The topological polar surface area (TPSA) is 73.9 Å². The molecule has 1 aliphatic carbocycles. The van der Waals surface area contributed by atoms with Gasteiger partial charge in [0.25, 0.3) is 0 Å². The zero-order valence-corrected chi connectivity index (χ0v) is 20.2. The first kappa shape index (κ1) is 24.3. The second-order valence-electron chi connectivity index (χ2n) is 8.71. The lowest BCUT2D eigenvalue weighted by atomic mass is 9.79. The van der Waals surface area contributed by atoms with Gasteiger partial charge in [-0.1, -0.05) is 79.9 Å². The molecule has 1 N–H and O–H groups in total. The van der Waals surface area contributed by atoms with Crippen LogP contribution in [0.3, 0.4) is 0 Å². The van der Waals surface area contributed by atoms with Crippen LogP contribution in [0.25, 0.3) is 0 Å². The number of rotatable bonds is 8. The summed E-state index contributed by atoms with van der Waals surface area (Å²) in [5.74, 6) is 0.604. The Kier molecular flexibility index (Phi) is 7.70. The van der Waals surface area contributed by atoms with E-state index in [2.05, 4.69) is 5.32 Å². The summed E-state index contributed by atoms with van der Waals surface area (Å²) in [7, 11) is 3.08. The second-order valence-corrected chi connectivity index (χ2v) is 8.71. The molecule has 6 heteroatoms. The Labute approximate surface area is 206 Å². The molecule has 35 heavy (non-hydrogen) atoms. The Hall–Kier alpha value is -3.80. The fraction of sp³-hybridized carbons (Fsp3) is 0.310. The van der Waals surface area contributed by atoms with E-state index >= 15 is 0 Å². The first-order valence-electron chi connectivity index (χ1n) is 11.9. The quantitative estimate of drug-likeness (QED) is 0.413. The summed E-state index contributed by atoms with van der Waals surface area (Å²) < 4.78 is 17.2. The third-order valence-corrected chi connectivity index (χ3v) is 6.47. The van der Waals surface area contributed by atoms with E-state index in [1.165, 1.54) is 0 Å². The molecule has 1 aliphatic rings. The highest BCUT2D eigenvalue weighted by Gasteiger charge is 2.47. The van der Waals surface area contributed by atoms with Gasteiger partial charge in [0.15, 0.2) is 0 Å². The molecule has 0 saturated heterocycles. The molecule has 1 fully saturated rings. The molecule has 0 aliphatic heterocycles. The molecular weight excluding hydrogens is 442 g/mol. The van der Waals surface area contributed by atoms with Crippen LogP contribution in [0, 0.1) is 0 Å². The molecular formula is C29H31NO5. The highest BCUT2D eigenvalue weighted by Crippen LogP contribution is 2.41. The summed E-state index contributed by atoms with van der Waals surface area (Å²) in [6.45, 7) is 0. The Morgan fingerprint density at radius 1 is 0.771 bits per heavy atom. The van der Waals surface area contributed by atoms with Gasteiger partial charge in [-0.3, -0.25) is 4.79 Å². The third-order valence-electron chi connectivity index (χ3n) is 6.47. The van der Waals surface area contributed by atoms with Crippen molar-refractivity contribution in [3.8, 4) is 11.5 Å². The molecule has 0 spiro atoms. The fourth-order valence-corrected chi connectivity index (χ4v) is 4.65. The first-order chi connectivity index (χ1) is 17.1. The summed E-state index contributed by atoms with van der Waals surface area (Å²) >= 11 is 0. The first-order valence-corrected chi connectivity index (χ1v) is 11.9. The van der Waals surface area contributed by atoms with Crippen LogP contribution in [0.15, 0.2) is 78.9 Å². The Morgan fingerprint density at radius 2 is 1.34 bits per heavy atom. The van der Waals surface area contributed by atoms with E-state index in [0.29, 0.717) is 28.2 Å². The van der Waals surface area contributed by atoms with Crippen molar-refractivity contribution in [1.82, 2.24) is 5.32 Å². The van der Waals surface area contributed by atoms with Crippen molar-refractivity contribution in [1.29, 1.82) is 0 Å². The summed E-state index contributed by atoms with van der Waals surface area (Å²) in [6, 6.07) is 23.1. The molecule has 1 unspecified atom stereocenters. The van der Waals surface area contributed by atoms with Crippen molar-refractivity contribution < 1.29 is 23.8 Å². The van der Waals surface area contributed by atoms with Crippen molar-refractivity contribution in [2.24, 2.45) is 0 Å². The molecule has 6 nitrogen and oxygen atoms in total. The van der Waals surface area contributed by atoms with Crippen LogP contribution in [0.4, 0.5) is 4.79 Å². The van der Waals surface area contributed by atoms with Crippen LogP contribution in [0.5, 0.6) is 11.5 Å². The zero-order valence-electron chi connectivity index (χ0n) is 20.2. The number of ketones is 1. The number of hydrogen-bond acceptors (Lipinski definition) is 5. The van der Waals surface area contributed by atoms with Crippen LogP contribution >= 0.6 is 0 Å². The molecule has 3 aromatic carbocycles. The number of benzene rings is 3. The number of methoxy groups -OCH3 is 2. The van der Waals surface area contributed by atoms with Crippen molar-refractivity contribution >= 4 is 11.9 Å². The minimum absolute atomic E-state index is 0.0244. The molecule has 4 rings (SSSR count). The van der Waals surface area contributed by atoms with Crippen molar-refractivity contribution in [2.75, 3.05) is 14.2 Å². The van der Waals surface area contributed by atoms with Crippen molar-refractivity contribution in [3.63, 3.8) is 0 Å². The number of carbonyl (C=O) groups is 2. The van der Waals surface area contributed by atoms with Crippen LogP contribution < -0.4 is 14.8 Å². The van der Waals surface area contributed by atoms with Gasteiger partial charge in [0.1, 0.15) is 11.5 Å². The fourth-order valence-electron chi connectivity index (χ4n) is 4.65. The molecule has 0 bridgehead atoms. The highest BCUT2D eigenvalue weighted by atomic mass is 16.6. The summed E-state index contributed by atoms with van der Waals surface area (Å²) in [5, 5.41) is 3.00. The minimum Gasteiger partial charge on any atom is -0.497 e. The van der Waals surface area contributed by atoms with E-state index in [0.717, 1.165) is 32.1 Å². The number of hydrogen-bond donors (Lipinski definition) is 1. The zero-order chi connectivity index (χ0) is 24.7. The molecule has 1 atom stereocenters. The lowest BCUT2D eigenvalue weighted by Gasteiger charge is -2.34. The van der Waals surface area contributed by atoms with E-state index in [9.17, 15) is 9.59 Å². The average Bonchev–Trinajstić information content (AvgIpc) is 2.92. The minimum atomic E-state index is -1.76. The van der Waals surface area contributed by atoms with E-state index in [1.54, 1.807) is 68.8 Å². The van der Waals surface area contributed by atoms with Crippen molar-refractivity contribution in [3.05, 3.63) is 95.6 Å². The van der Waals surface area contributed by atoms with Gasteiger partial charge in [0.05, 0.1) is 14.2 Å². The highest BCUT2D eigenvalue weighted by molar-refractivity contribution is 6.06. The maximum Gasteiger partial charge on any atom is 0.409 e. The van der Waals surface area contributed by atoms with E-state index in [1.807, 2.05) is 24.3 Å². The Morgan fingerprint density at radius 3 is 1.91 bits per heavy atom. The van der Waals surface area contributed by atoms with Gasteiger partial charge in [-0.25, -0.2) is 4.79 Å². The number of amides is 1. The summed E-state index contributed by atoms with van der Waals surface area (Å²) in [5.41, 5.74) is -0.373. The normalized spacial score (nSPS) is 15.5. The van der Waals surface area contributed by atoms with Gasteiger partial charge in [-0.15, -0.1) is 0 Å². The maximum absolute atomic E-state index is 14.3. The molecule has 0 heterocycles. The largest absolute Gasteiger partial charge is 0.497 e. The van der Waals surface area contributed by atoms with Gasteiger partial charge >= 0.3 is 6.09 Å². The predicted molar refractivity (Wildman–Crippen MR) is 134 cm³/mol. The Balaban J connectivity index is 1.89. The monoisotopic (exact) mass is 473 g/mol. The number of Topliss-reactive ketones (excluding diaryl/α,β-unsaturated/α-hetero) is 1. The molecule has 1 amide bonds. The molecule has 0 radical (unpaired) electrons. The second kappa shape index (κ2) is 11.1. The van der Waals surface area contributed by atoms with E-state index in [4.69, 9.17) is 14.2 Å². The van der Waals surface area contributed by atoms with Crippen LogP contribution in [-0.4, -0.2) is 32.1 Å². The van der Waals surface area contributed by atoms with Crippen molar-refractivity contribution in [2.45, 2.75) is 43.7 Å². The van der Waals surface area contributed by atoms with Crippen LogP contribution in [0.1, 0.15) is 53.6 Å². The smallest absolute Gasteiger partial charge is 0.409 e. The predicted octanol–water partition coefficient (Wildman–Crippen LogP) is 5.89. The van der Waals surface area contributed by atoms with Gasteiger partial charge < -0.3 is 19.5 Å². The standard InChI is InChI=1S/C29H31NO5/c1-33-25-18-23(19-26(20-25)34-2)29(22-14-8-4-9-15-22,27(31)21-12-6-3-7-13-21)35-28(32)30-24-16-10-5-11-17-24/h3-4,6-9,12-15,18-20,24H,5,10-11,16-17H2,1-2H3,(H,30,32). The lowest BCUT2D eigenvalue weighted by Crippen LogP contribution is -2.47. The summed E-state index contributed by atoms with van der Waals surface area (Å²) in [6.07, 6.45) is 4.44. The number of nitrogens with one attached hydrogen (secondary N) is 1. The van der Waals surface area contributed by atoms with E-state index < -0.39 is 11.7 Å². The number of carbonyl (C=O) groups excluding carboxylic acids is 2.